The van der Waals surface area contributed by atoms with Gasteiger partial charge in [0, 0.05) is 11.8 Å². The molecule has 0 radical (unpaired) electrons. The molecule has 0 N–H and O–H groups in total. The van der Waals surface area contributed by atoms with E-state index < -0.39 is 6.09 Å². The maximum absolute atomic E-state index is 11.8. The van der Waals surface area contributed by atoms with E-state index >= 15 is 0 Å². The van der Waals surface area contributed by atoms with Crippen LogP contribution in [0.4, 0.5) is 10.5 Å². The standard InChI is InChI=1S/C17H19NO3S/c1-13-8-10-15(11-9-13)21-12-14-6-4-5-7-16(14)18(22-3)17(19)20-2/h4-11H,12H2,1-3H3. The third-order valence-corrected chi connectivity index (χ3v) is 3.86. The van der Waals surface area contributed by atoms with E-state index in [2.05, 4.69) is 0 Å². The van der Waals surface area contributed by atoms with Crippen LogP contribution in [-0.2, 0) is 11.3 Å². The Balaban J connectivity index is 2.17. The first-order chi connectivity index (χ1) is 10.7. The van der Waals surface area contributed by atoms with E-state index in [1.165, 1.54) is 28.9 Å². The first kappa shape index (κ1) is 16.2. The highest BCUT2D eigenvalue weighted by Crippen LogP contribution is 2.27. The first-order valence-corrected chi connectivity index (χ1v) is 8.03. The molecule has 0 saturated carbocycles. The van der Waals surface area contributed by atoms with Crippen LogP contribution < -0.4 is 9.04 Å². The summed E-state index contributed by atoms with van der Waals surface area (Å²) in [6.07, 6.45) is 1.42. The Hall–Kier alpha value is -2.14. The fourth-order valence-corrected chi connectivity index (χ4v) is 2.58. The SMILES string of the molecule is COC(=O)N(SC)c1ccccc1COc1ccc(C)cc1. The van der Waals surface area contributed by atoms with Gasteiger partial charge in [-0.1, -0.05) is 35.9 Å². The van der Waals surface area contributed by atoms with E-state index in [0.29, 0.717) is 6.61 Å². The maximum atomic E-state index is 11.8. The lowest BCUT2D eigenvalue weighted by Crippen LogP contribution is -2.24. The fraction of sp³-hybridized carbons (Fsp3) is 0.235. The molecule has 2 aromatic rings. The van der Waals surface area contributed by atoms with Crippen molar-refractivity contribution in [3.63, 3.8) is 0 Å². The van der Waals surface area contributed by atoms with Gasteiger partial charge in [-0.05, 0) is 37.1 Å². The van der Waals surface area contributed by atoms with Crippen molar-refractivity contribution in [2.45, 2.75) is 13.5 Å². The molecule has 0 aromatic heterocycles. The Morgan fingerprint density at radius 1 is 1.14 bits per heavy atom. The predicted octanol–water partition coefficient (Wildman–Crippen LogP) is 4.42. The Bertz CT molecular complexity index is 628. The van der Waals surface area contributed by atoms with Gasteiger partial charge in [0.15, 0.2) is 0 Å². The van der Waals surface area contributed by atoms with Crippen LogP contribution in [0.25, 0.3) is 0 Å². The summed E-state index contributed by atoms with van der Waals surface area (Å²) in [7, 11) is 1.37. The summed E-state index contributed by atoms with van der Waals surface area (Å²) in [6.45, 7) is 2.42. The Morgan fingerprint density at radius 2 is 1.82 bits per heavy atom. The number of anilines is 1. The van der Waals surface area contributed by atoms with E-state index in [9.17, 15) is 4.79 Å². The molecule has 22 heavy (non-hydrogen) atoms. The zero-order chi connectivity index (χ0) is 15.9. The topological polar surface area (TPSA) is 38.8 Å². The van der Waals surface area contributed by atoms with Gasteiger partial charge in [0.25, 0.3) is 0 Å². The number of hydrogen-bond donors (Lipinski definition) is 0. The molecule has 0 aliphatic carbocycles. The summed E-state index contributed by atoms with van der Waals surface area (Å²) in [6, 6.07) is 15.5. The third-order valence-electron chi connectivity index (χ3n) is 3.15. The van der Waals surface area contributed by atoms with Crippen LogP contribution in [0.5, 0.6) is 5.75 Å². The van der Waals surface area contributed by atoms with Gasteiger partial charge >= 0.3 is 6.09 Å². The van der Waals surface area contributed by atoms with Gasteiger partial charge in [0.1, 0.15) is 12.4 Å². The molecule has 116 valence electrons. The minimum absolute atomic E-state index is 0.382. The number of carbonyl (C=O) groups is 1. The normalized spacial score (nSPS) is 10.1. The lowest BCUT2D eigenvalue weighted by molar-refractivity contribution is 0.183. The number of rotatable bonds is 5. The molecular formula is C17H19NO3S. The molecule has 0 heterocycles. The highest BCUT2D eigenvalue weighted by molar-refractivity contribution is 8.00. The molecule has 0 aliphatic rings. The monoisotopic (exact) mass is 317 g/mol. The number of aryl methyl sites for hydroxylation is 1. The van der Waals surface area contributed by atoms with E-state index in [0.717, 1.165) is 17.0 Å². The fourth-order valence-electron chi connectivity index (χ4n) is 1.98. The van der Waals surface area contributed by atoms with Gasteiger partial charge < -0.3 is 9.47 Å². The molecule has 2 rings (SSSR count). The molecular weight excluding hydrogens is 298 g/mol. The molecule has 0 unspecified atom stereocenters. The molecule has 1 amide bonds. The van der Waals surface area contributed by atoms with Crippen molar-refractivity contribution >= 4 is 23.7 Å². The predicted molar refractivity (Wildman–Crippen MR) is 90.4 cm³/mol. The number of benzene rings is 2. The van der Waals surface area contributed by atoms with Gasteiger partial charge in [-0.2, -0.15) is 0 Å². The first-order valence-electron chi connectivity index (χ1n) is 6.85. The van der Waals surface area contributed by atoms with Gasteiger partial charge in [-0.25, -0.2) is 9.10 Å². The summed E-state index contributed by atoms with van der Waals surface area (Å²) in [5.41, 5.74) is 2.88. The van der Waals surface area contributed by atoms with Gasteiger partial charge in [-0.3, -0.25) is 0 Å². The lowest BCUT2D eigenvalue weighted by Gasteiger charge is -2.21. The van der Waals surface area contributed by atoms with Crippen molar-refractivity contribution in [2.24, 2.45) is 0 Å². The van der Waals surface area contributed by atoms with Gasteiger partial charge in [0.2, 0.25) is 0 Å². The lowest BCUT2D eigenvalue weighted by atomic mass is 10.2. The highest BCUT2D eigenvalue weighted by atomic mass is 32.2. The van der Waals surface area contributed by atoms with E-state index in [-0.39, 0.29) is 0 Å². The van der Waals surface area contributed by atoms with E-state index in [1.54, 1.807) is 0 Å². The minimum atomic E-state index is -0.407. The van der Waals surface area contributed by atoms with E-state index in [4.69, 9.17) is 9.47 Å². The molecule has 0 fully saturated rings. The van der Waals surface area contributed by atoms with Crippen molar-refractivity contribution in [3.05, 3.63) is 59.7 Å². The zero-order valence-corrected chi connectivity index (χ0v) is 13.7. The maximum Gasteiger partial charge on any atom is 0.424 e. The second-order valence-corrected chi connectivity index (χ2v) is 5.41. The van der Waals surface area contributed by atoms with Crippen LogP contribution in [0.15, 0.2) is 48.5 Å². The van der Waals surface area contributed by atoms with Crippen LogP contribution in [0.3, 0.4) is 0 Å². The molecule has 0 saturated heterocycles. The summed E-state index contributed by atoms with van der Waals surface area (Å²) in [5.74, 6) is 0.800. The quantitative estimate of drug-likeness (QED) is 0.765. The molecule has 0 atom stereocenters. The second-order valence-electron chi connectivity index (χ2n) is 4.68. The molecule has 2 aromatic carbocycles. The smallest absolute Gasteiger partial charge is 0.424 e. The molecule has 0 bridgehead atoms. The Labute approximate surface area is 135 Å². The van der Waals surface area contributed by atoms with Gasteiger partial charge in [-0.15, -0.1) is 0 Å². The van der Waals surface area contributed by atoms with E-state index in [1.807, 2.05) is 61.7 Å². The van der Waals surface area contributed by atoms with Crippen LogP contribution in [-0.4, -0.2) is 19.5 Å². The number of carbonyl (C=O) groups excluding carboxylic acids is 1. The van der Waals surface area contributed by atoms with Crippen LogP contribution in [0.1, 0.15) is 11.1 Å². The van der Waals surface area contributed by atoms with Crippen molar-refractivity contribution in [1.29, 1.82) is 0 Å². The highest BCUT2D eigenvalue weighted by Gasteiger charge is 2.18. The molecule has 5 heteroatoms. The largest absolute Gasteiger partial charge is 0.489 e. The summed E-state index contributed by atoms with van der Waals surface area (Å²) in [4.78, 5) is 11.8. The summed E-state index contributed by atoms with van der Waals surface area (Å²) < 4.78 is 12.1. The zero-order valence-electron chi connectivity index (χ0n) is 12.9. The summed E-state index contributed by atoms with van der Waals surface area (Å²) >= 11 is 1.30. The molecule has 0 aliphatic heterocycles. The molecule has 4 nitrogen and oxygen atoms in total. The van der Waals surface area contributed by atoms with Crippen LogP contribution in [0, 0.1) is 6.92 Å². The van der Waals surface area contributed by atoms with Crippen molar-refractivity contribution in [2.75, 3.05) is 17.7 Å². The van der Waals surface area contributed by atoms with Crippen LogP contribution in [0.2, 0.25) is 0 Å². The number of ether oxygens (including phenoxy) is 2. The number of para-hydroxylation sites is 1. The average molecular weight is 317 g/mol. The molecule has 0 spiro atoms. The third kappa shape index (κ3) is 3.95. The Morgan fingerprint density at radius 3 is 2.45 bits per heavy atom. The van der Waals surface area contributed by atoms with Crippen molar-refractivity contribution in [3.8, 4) is 5.75 Å². The van der Waals surface area contributed by atoms with Crippen molar-refractivity contribution in [1.82, 2.24) is 0 Å². The number of methoxy groups -OCH3 is 1. The average Bonchev–Trinajstić information content (AvgIpc) is 2.56. The minimum Gasteiger partial charge on any atom is -0.489 e. The second kappa shape index (κ2) is 7.75. The Kier molecular flexibility index (Phi) is 5.72. The van der Waals surface area contributed by atoms with Crippen LogP contribution >= 0.6 is 11.9 Å². The number of hydrogen-bond acceptors (Lipinski definition) is 4. The summed E-state index contributed by atoms with van der Waals surface area (Å²) in [5, 5.41) is 0. The van der Waals surface area contributed by atoms with Gasteiger partial charge in [0.05, 0.1) is 12.8 Å². The van der Waals surface area contributed by atoms with Crippen molar-refractivity contribution < 1.29 is 14.3 Å². The number of nitrogens with zero attached hydrogens (tertiary/aromatic N) is 1. The number of amides is 1.